The van der Waals surface area contributed by atoms with Crippen LogP contribution in [-0.2, 0) is 16.0 Å². The third kappa shape index (κ3) is 1.88. The highest BCUT2D eigenvalue weighted by Gasteiger charge is 2.32. The highest BCUT2D eigenvalue weighted by Crippen LogP contribution is 2.37. The number of hydrogen-bond donors (Lipinski definition) is 1. The van der Waals surface area contributed by atoms with Crippen LogP contribution in [-0.4, -0.2) is 18.2 Å². The number of esters is 1. The van der Waals surface area contributed by atoms with Gasteiger partial charge in [-0.1, -0.05) is 24.3 Å². The largest absolute Gasteiger partial charge is 0.469 e. The molecule has 0 unspecified atom stereocenters. The molecular formula is C12H14O3. The molecule has 1 aromatic carbocycles. The fourth-order valence-corrected chi connectivity index (χ4v) is 2.14. The number of carbonyl (C=O) groups excluding carboxylic acids is 1. The number of rotatable bonds is 2. The van der Waals surface area contributed by atoms with Crippen molar-refractivity contribution in [1.82, 2.24) is 0 Å². The summed E-state index contributed by atoms with van der Waals surface area (Å²) in [5.41, 5.74) is 2.09. The van der Waals surface area contributed by atoms with E-state index in [1.54, 1.807) is 0 Å². The van der Waals surface area contributed by atoms with E-state index in [1.807, 2.05) is 24.3 Å². The van der Waals surface area contributed by atoms with Gasteiger partial charge in [0.25, 0.3) is 0 Å². The van der Waals surface area contributed by atoms with Crippen LogP contribution in [0.2, 0.25) is 0 Å². The molecule has 1 N–H and O–H groups in total. The summed E-state index contributed by atoms with van der Waals surface area (Å²) in [5, 5.41) is 9.98. The molecule has 0 radical (unpaired) electrons. The van der Waals surface area contributed by atoms with Gasteiger partial charge in [0.2, 0.25) is 0 Å². The van der Waals surface area contributed by atoms with E-state index in [9.17, 15) is 9.90 Å². The number of hydrogen-bond acceptors (Lipinski definition) is 3. The summed E-state index contributed by atoms with van der Waals surface area (Å²) < 4.78 is 4.61. The molecule has 3 heteroatoms. The van der Waals surface area contributed by atoms with Crippen LogP contribution in [0, 0.1) is 5.92 Å². The number of carbonyl (C=O) groups is 1. The lowest BCUT2D eigenvalue weighted by molar-refractivity contribution is -0.142. The molecule has 15 heavy (non-hydrogen) atoms. The summed E-state index contributed by atoms with van der Waals surface area (Å²) in [6.07, 6.45) is 0.513. The van der Waals surface area contributed by atoms with Crippen molar-refractivity contribution in [2.45, 2.75) is 18.9 Å². The van der Waals surface area contributed by atoms with E-state index < -0.39 is 6.10 Å². The zero-order valence-corrected chi connectivity index (χ0v) is 8.64. The van der Waals surface area contributed by atoms with E-state index in [1.165, 1.54) is 7.11 Å². The monoisotopic (exact) mass is 206 g/mol. The van der Waals surface area contributed by atoms with Crippen molar-refractivity contribution >= 4 is 5.97 Å². The van der Waals surface area contributed by atoms with E-state index in [4.69, 9.17) is 0 Å². The molecule has 2 atom stereocenters. The zero-order valence-electron chi connectivity index (χ0n) is 8.64. The van der Waals surface area contributed by atoms with Crippen molar-refractivity contribution in [1.29, 1.82) is 0 Å². The molecule has 0 fully saturated rings. The summed E-state index contributed by atoms with van der Waals surface area (Å²) in [5.74, 6) is -0.290. The molecule has 0 heterocycles. The molecule has 2 rings (SSSR count). The minimum atomic E-state index is -0.528. The van der Waals surface area contributed by atoms with E-state index in [0.29, 0.717) is 0 Å². The minimum Gasteiger partial charge on any atom is -0.469 e. The molecular weight excluding hydrogens is 192 g/mol. The van der Waals surface area contributed by atoms with E-state index in [2.05, 4.69) is 4.74 Å². The number of aliphatic hydroxyl groups is 1. The molecule has 0 aliphatic heterocycles. The standard InChI is InChI=1S/C12H14O3/c1-15-11(13)7-9-6-8-4-2-3-5-10(8)12(9)14/h2-5,9,12,14H,6-7H2,1H3/t9-,12+/m1/s1. The Morgan fingerprint density at radius 2 is 2.27 bits per heavy atom. The highest BCUT2D eigenvalue weighted by atomic mass is 16.5. The third-order valence-electron chi connectivity index (χ3n) is 2.96. The fraction of sp³-hybridized carbons (Fsp3) is 0.417. The van der Waals surface area contributed by atoms with Gasteiger partial charge in [-0.15, -0.1) is 0 Å². The lowest BCUT2D eigenvalue weighted by atomic mass is 10.00. The van der Waals surface area contributed by atoms with Crippen molar-refractivity contribution < 1.29 is 14.6 Å². The Morgan fingerprint density at radius 1 is 1.53 bits per heavy atom. The number of methoxy groups -OCH3 is 1. The quantitative estimate of drug-likeness (QED) is 0.745. The van der Waals surface area contributed by atoms with Crippen molar-refractivity contribution in [3.05, 3.63) is 35.4 Å². The molecule has 0 bridgehead atoms. The van der Waals surface area contributed by atoms with Gasteiger partial charge in [-0.3, -0.25) is 4.79 Å². The Morgan fingerprint density at radius 3 is 2.93 bits per heavy atom. The smallest absolute Gasteiger partial charge is 0.305 e. The van der Waals surface area contributed by atoms with Crippen LogP contribution in [0.4, 0.5) is 0 Å². The fourth-order valence-electron chi connectivity index (χ4n) is 2.14. The third-order valence-corrected chi connectivity index (χ3v) is 2.96. The van der Waals surface area contributed by atoms with Gasteiger partial charge in [0.1, 0.15) is 0 Å². The van der Waals surface area contributed by atoms with E-state index in [0.717, 1.165) is 17.5 Å². The summed E-state index contributed by atoms with van der Waals surface area (Å²) in [6.45, 7) is 0. The van der Waals surface area contributed by atoms with Crippen molar-refractivity contribution in [3.8, 4) is 0 Å². The maximum absolute atomic E-state index is 11.1. The minimum absolute atomic E-state index is 0.0325. The number of fused-ring (bicyclic) bond motifs is 1. The number of aliphatic hydroxyl groups excluding tert-OH is 1. The second-order valence-corrected chi connectivity index (χ2v) is 3.89. The second kappa shape index (κ2) is 4.03. The summed E-state index contributed by atoms with van der Waals surface area (Å²) in [7, 11) is 1.37. The lowest BCUT2D eigenvalue weighted by Crippen LogP contribution is -2.14. The average molecular weight is 206 g/mol. The SMILES string of the molecule is COC(=O)C[C@H]1Cc2ccccc2[C@H]1O. The maximum Gasteiger partial charge on any atom is 0.305 e. The zero-order chi connectivity index (χ0) is 10.8. The Kier molecular flexibility index (Phi) is 2.73. The predicted octanol–water partition coefficient (Wildman–Crippen LogP) is 1.46. The van der Waals surface area contributed by atoms with E-state index in [-0.39, 0.29) is 18.3 Å². The molecule has 0 amide bonds. The van der Waals surface area contributed by atoms with Crippen LogP contribution < -0.4 is 0 Å². The van der Waals surface area contributed by atoms with Gasteiger partial charge in [0, 0.05) is 5.92 Å². The average Bonchev–Trinajstić information content (AvgIpc) is 2.57. The van der Waals surface area contributed by atoms with Crippen molar-refractivity contribution in [3.63, 3.8) is 0 Å². The Balaban J connectivity index is 2.13. The highest BCUT2D eigenvalue weighted by molar-refractivity contribution is 5.69. The van der Waals surface area contributed by atoms with Gasteiger partial charge in [-0.05, 0) is 17.5 Å². The molecule has 1 aliphatic rings. The summed E-state index contributed by atoms with van der Waals surface area (Å²) in [6, 6.07) is 7.77. The normalized spacial score (nSPS) is 23.6. The van der Waals surface area contributed by atoms with Gasteiger partial charge in [-0.25, -0.2) is 0 Å². The lowest BCUT2D eigenvalue weighted by Gasteiger charge is -2.12. The molecule has 0 spiro atoms. The van der Waals surface area contributed by atoms with Crippen molar-refractivity contribution in [2.24, 2.45) is 5.92 Å². The first kappa shape index (κ1) is 10.2. The van der Waals surface area contributed by atoms with Crippen LogP contribution in [0.5, 0.6) is 0 Å². The number of benzene rings is 1. The molecule has 1 aromatic rings. The Bertz CT molecular complexity index is 373. The van der Waals surface area contributed by atoms with Gasteiger partial charge >= 0.3 is 5.97 Å². The van der Waals surface area contributed by atoms with Crippen LogP contribution in [0.15, 0.2) is 24.3 Å². The molecule has 0 saturated heterocycles. The van der Waals surface area contributed by atoms with Gasteiger partial charge in [-0.2, -0.15) is 0 Å². The molecule has 0 saturated carbocycles. The first-order valence-electron chi connectivity index (χ1n) is 5.05. The van der Waals surface area contributed by atoms with Gasteiger partial charge in [0.05, 0.1) is 19.6 Å². The van der Waals surface area contributed by atoms with Crippen LogP contribution in [0.3, 0.4) is 0 Å². The van der Waals surface area contributed by atoms with Crippen LogP contribution in [0.25, 0.3) is 0 Å². The first-order chi connectivity index (χ1) is 7.22. The van der Waals surface area contributed by atoms with Gasteiger partial charge in [0.15, 0.2) is 0 Å². The second-order valence-electron chi connectivity index (χ2n) is 3.89. The van der Waals surface area contributed by atoms with Crippen molar-refractivity contribution in [2.75, 3.05) is 7.11 Å². The van der Waals surface area contributed by atoms with Crippen LogP contribution >= 0.6 is 0 Å². The first-order valence-corrected chi connectivity index (χ1v) is 5.05. The Hall–Kier alpha value is -1.35. The maximum atomic E-state index is 11.1. The Labute approximate surface area is 88.7 Å². The molecule has 80 valence electrons. The predicted molar refractivity (Wildman–Crippen MR) is 55.2 cm³/mol. The summed E-state index contributed by atoms with van der Waals surface area (Å²) in [4.78, 5) is 11.1. The number of ether oxygens (including phenoxy) is 1. The molecule has 3 nitrogen and oxygen atoms in total. The molecule has 0 aromatic heterocycles. The van der Waals surface area contributed by atoms with Gasteiger partial charge < -0.3 is 9.84 Å². The van der Waals surface area contributed by atoms with Crippen LogP contribution in [0.1, 0.15) is 23.7 Å². The molecule has 1 aliphatic carbocycles. The summed E-state index contributed by atoms with van der Waals surface area (Å²) >= 11 is 0. The topological polar surface area (TPSA) is 46.5 Å². The van der Waals surface area contributed by atoms with E-state index >= 15 is 0 Å².